The molecule has 0 radical (unpaired) electrons. The van der Waals surface area contributed by atoms with Crippen LogP contribution in [0.1, 0.15) is 39.7 Å². The Morgan fingerprint density at radius 1 is 1.38 bits per heavy atom. The van der Waals surface area contributed by atoms with E-state index >= 15 is 0 Å². The highest BCUT2D eigenvalue weighted by Gasteiger charge is 2.33. The quantitative estimate of drug-likeness (QED) is 0.646. The number of hydrogen-bond acceptors (Lipinski definition) is 1. The van der Waals surface area contributed by atoms with Gasteiger partial charge in [0.2, 0.25) is 0 Å². The normalized spacial score (nSPS) is 22.0. The van der Waals surface area contributed by atoms with E-state index in [-0.39, 0.29) is 11.2 Å². The summed E-state index contributed by atoms with van der Waals surface area (Å²) in [5.41, 5.74) is 0.382. The zero-order valence-electron chi connectivity index (χ0n) is 13.4. The minimum Gasteiger partial charge on any atom is -0.357 e. The molecule has 0 saturated heterocycles. The fourth-order valence-corrected chi connectivity index (χ4v) is 2.39. The maximum Gasteiger partial charge on any atom is 0.191 e. The van der Waals surface area contributed by atoms with Crippen LogP contribution in [0.15, 0.2) is 29.3 Å². The Hall–Kier alpha value is -1.58. The number of guanidine groups is 1. The Labute approximate surface area is 127 Å². The first-order chi connectivity index (χ1) is 9.94. The number of benzene rings is 1. The fraction of sp³-hybridized carbons (Fsp3) is 0.588. The van der Waals surface area contributed by atoms with Crippen LogP contribution in [0.2, 0.25) is 0 Å². The van der Waals surface area contributed by atoms with Gasteiger partial charge in [0.1, 0.15) is 5.82 Å². The largest absolute Gasteiger partial charge is 0.357 e. The lowest BCUT2D eigenvalue weighted by molar-refractivity contribution is 0.492. The van der Waals surface area contributed by atoms with Crippen LogP contribution >= 0.6 is 0 Å². The van der Waals surface area contributed by atoms with Crippen molar-refractivity contribution in [2.75, 3.05) is 13.1 Å². The zero-order chi connectivity index (χ0) is 15.5. The molecule has 2 rings (SSSR count). The van der Waals surface area contributed by atoms with Gasteiger partial charge in [-0.25, -0.2) is 4.39 Å². The van der Waals surface area contributed by atoms with E-state index in [0.717, 1.165) is 12.5 Å². The number of aliphatic imine (C=N–C) groups is 1. The van der Waals surface area contributed by atoms with Crippen molar-refractivity contribution in [1.29, 1.82) is 0 Å². The van der Waals surface area contributed by atoms with Gasteiger partial charge in [0.25, 0.3) is 0 Å². The summed E-state index contributed by atoms with van der Waals surface area (Å²) < 4.78 is 13.9. The molecule has 0 aromatic heterocycles. The number of rotatable bonds is 5. The summed E-state index contributed by atoms with van der Waals surface area (Å²) in [5, 5.41) is 6.68. The topological polar surface area (TPSA) is 36.4 Å². The van der Waals surface area contributed by atoms with Crippen LogP contribution in [0.5, 0.6) is 0 Å². The molecule has 1 aliphatic rings. The predicted octanol–water partition coefficient (Wildman–Crippen LogP) is 3.07. The van der Waals surface area contributed by atoms with Crippen LogP contribution in [-0.2, 0) is 5.41 Å². The summed E-state index contributed by atoms with van der Waals surface area (Å²) in [6, 6.07) is 7.47. The average Bonchev–Trinajstić information content (AvgIpc) is 3.12. The van der Waals surface area contributed by atoms with E-state index in [1.807, 2.05) is 26.0 Å². The lowest BCUT2D eigenvalue weighted by atomic mass is 9.84. The first-order valence-corrected chi connectivity index (χ1v) is 7.74. The van der Waals surface area contributed by atoms with Crippen molar-refractivity contribution in [2.24, 2.45) is 10.9 Å². The first-order valence-electron chi connectivity index (χ1n) is 7.74. The summed E-state index contributed by atoms with van der Waals surface area (Å²) in [6.45, 7) is 9.70. The van der Waals surface area contributed by atoms with Gasteiger partial charge in [-0.15, -0.1) is 0 Å². The molecule has 2 unspecified atom stereocenters. The molecule has 3 nitrogen and oxygen atoms in total. The Kier molecular flexibility index (Phi) is 4.86. The van der Waals surface area contributed by atoms with Gasteiger partial charge in [0.05, 0.1) is 6.54 Å². The van der Waals surface area contributed by atoms with Crippen molar-refractivity contribution in [3.05, 3.63) is 35.6 Å². The van der Waals surface area contributed by atoms with Crippen molar-refractivity contribution in [2.45, 2.75) is 45.6 Å². The molecule has 21 heavy (non-hydrogen) atoms. The highest BCUT2D eigenvalue weighted by molar-refractivity contribution is 5.80. The maximum absolute atomic E-state index is 13.9. The van der Waals surface area contributed by atoms with Gasteiger partial charge >= 0.3 is 0 Å². The van der Waals surface area contributed by atoms with Gasteiger partial charge in [-0.3, -0.25) is 4.99 Å². The van der Waals surface area contributed by atoms with Crippen LogP contribution in [0.3, 0.4) is 0 Å². The van der Waals surface area contributed by atoms with Crippen molar-refractivity contribution in [3.63, 3.8) is 0 Å². The minimum atomic E-state index is -0.330. The molecule has 0 amide bonds. The third kappa shape index (κ3) is 4.19. The van der Waals surface area contributed by atoms with Gasteiger partial charge in [-0.05, 0) is 30.9 Å². The van der Waals surface area contributed by atoms with Crippen LogP contribution in [-0.4, -0.2) is 25.1 Å². The number of hydrogen-bond donors (Lipinski definition) is 2. The van der Waals surface area contributed by atoms with Crippen LogP contribution in [0.25, 0.3) is 0 Å². The molecule has 116 valence electrons. The molecule has 0 heterocycles. The molecule has 1 aliphatic carbocycles. The Morgan fingerprint density at radius 2 is 2.05 bits per heavy atom. The molecule has 1 aromatic carbocycles. The summed E-state index contributed by atoms with van der Waals surface area (Å²) in [7, 11) is 0. The van der Waals surface area contributed by atoms with Crippen molar-refractivity contribution >= 4 is 5.96 Å². The molecule has 2 atom stereocenters. The van der Waals surface area contributed by atoms with Gasteiger partial charge in [-0.2, -0.15) is 0 Å². The molecule has 0 aliphatic heterocycles. The van der Waals surface area contributed by atoms with Crippen molar-refractivity contribution in [3.8, 4) is 0 Å². The minimum absolute atomic E-state index is 0.161. The molecular formula is C17H26FN3. The molecule has 1 aromatic rings. The van der Waals surface area contributed by atoms with E-state index < -0.39 is 0 Å². The molecule has 1 saturated carbocycles. The van der Waals surface area contributed by atoms with E-state index in [0.29, 0.717) is 24.1 Å². The average molecular weight is 291 g/mol. The second-order valence-electron chi connectivity index (χ2n) is 6.52. The molecule has 0 bridgehead atoms. The zero-order valence-corrected chi connectivity index (χ0v) is 13.4. The van der Waals surface area contributed by atoms with Gasteiger partial charge < -0.3 is 10.6 Å². The molecular weight excluding hydrogens is 265 g/mol. The third-order valence-corrected chi connectivity index (χ3v) is 4.01. The highest BCUT2D eigenvalue weighted by Crippen LogP contribution is 2.29. The smallest absolute Gasteiger partial charge is 0.191 e. The molecule has 0 spiro atoms. The van der Waals surface area contributed by atoms with Gasteiger partial charge in [0, 0.05) is 18.0 Å². The van der Waals surface area contributed by atoms with Crippen molar-refractivity contribution < 1.29 is 4.39 Å². The summed E-state index contributed by atoms with van der Waals surface area (Å²) in [4.78, 5) is 4.64. The predicted molar refractivity (Wildman–Crippen MR) is 86.1 cm³/mol. The first kappa shape index (κ1) is 15.8. The third-order valence-electron chi connectivity index (χ3n) is 4.01. The molecule has 2 N–H and O–H groups in total. The second-order valence-corrected chi connectivity index (χ2v) is 6.52. The van der Waals surface area contributed by atoms with Crippen LogP contribution < -0.4 is 10.6 Å². The lowest BCUT2D eigenvalue weighted by Gasteiger charge is -2.24. The Balaban J connectivity index is 2.06. The SMILES string of the molecule is CCNC(=NCC(C)(C)c1ccccc1F)NC1CC1C. The molecule has 4 heteroatoms. The number of nitrogens with one attached hydrogen (secondary N) is 2. The lowest BCUT2D eigenvalue weighted by Crippen LogP contribution is -2.40. The van der Waals surface area contributed by atoms with E-state index in [2.05, 4.69) is 29.5 Å². The highest BCUT2D eigenvalue weighted by atomic mass is 19.1. The van der Waals surface area contributed by atoms with Crippen molar-refractivity contribution in [1.82, 2.24) is 10.6 Å². The van der Waals surface area contributed by atoms with Crippen LogP contribution in [0.4, 0.5) is 4.39 Å². The molecule has 1 fully saturated rings. The summed E-state index contributed by atoms with van der Waals surface area (Å²) >= 11 is 0. The van der Waals surface area contributed by atoms with Gasteiger partial charge in [0.15, 0.2) is 5.96 Å². The summed E-state index contributed by atoms with van der Waals surface area (Å²) in [5.74, 6) is 1.39. The van der Waals surface area contributed by atoms with E-state index in [1.165, 1.54) is 12.5 Å². The number of halogens is 1. The fourth-order valence-electron chi connectivity index (χ4n) is 2.39. The van der Waals surface area contributed by atoms with E-state index in [9.17, 15) is 4.39 Å². The van der Waals surface area contributed by atoms with Gasteiger partial charge in [-0.1, -0.05) is 39.0 Å². The monoisotopic (exact) mass is 291 g/mol. The van der Waals surface area contributed by atoms with E-state index in [1.54, 1.807) is 6.07 Å². The van der Waals surface area contributed by atoms with Crippen LogP contribution in [0, 0.1) is 11.7 Å². The second kappa shape index (κ2) is 6.46. The standard InChI is InChI=1S/C17H26FN3/c1-5-19-16(21-15-10-12(15)2)20-11-17(3,4)13-8-6-7-9-14(13)18/h6-9,12,15H,5,10-11H2,1-4H3,(H2,19,20,21). The maximum atomic E-state index is 13.9. The number of nitrogens with zero attached hydrogens (tertiary/aromatic N) is 1. The Bertz CT molecular complexity index is 511. The Morgan fingerprint density at radius 3 is 2.62 bits per heavy atom. The van der Waals surface area contributed by atoms with E-state index in [4.69, 9.17) is 0 Å². The summed E-state index contributed by atoms with van der Waals surface area (Å²) in [6.07, 6.45) is 1.20.